The normalized spacial score (nSPS) is 15.6. The third kappa shape index (κ3) is 4.87. The van der Waals surface area contributed by atoms with Crippen LogP contribution in [0.2, 0.25) is 0 Å². The van der Waals surface area contributed by atoms with Gasteiger partial charge in [0.15, 0.2) is 0 Å². The lowest BCUT2D eigenvalue weighted by molar-refractivity contribution is -0.134. The van der Waals surface area contributed by atoms with Crippen molar-refractivity contribution in [2.24, 2.45) is 5.92 Å². The van der Waals surface area contributed by atoms with Gasteiger partial charge in [-0.25, -0.2) is 0 Å². The number of piperidine rings is 1. The van der Waals surface area contributed by atoms with Crippen molar-refractivity contribution < 1.29 is 9.59 Å². The lowest BCUT2D eigenvalue weighted by Gasteiger charge is -2.32. The third-order valence-electron chi connectivity index (χ3n) is 5.30. The Kier molecular flexibility index (Phi) is 7.24. The lowest BCUT2D eigenvalue weighted by Crippen LogP contribution is -2.41. The molecule has 144 valence electrons. The Morgan fingerprint density at radius 1 is 1.08 bits per heavy atom. The zero-order chi connectivity index (χ0) is 19.3. The Hall–Kier alpha value is -1.84. The second-order valence-electron chi connectivity index (χ2n) is 8.02. The van der Waals surface area contributed by atoms with Gasteiger partial charge in [-0.05, 0) is 42.2 Å². The first kappa shape index (κ1) is 20.5. The van der Waals surface area contributed by atoms with Gasteiger partial charge in [-0.2, -0.15) is 0 Å². The van der Waals surface area contributed by atoms with Crippen LogP contribution in [0.5, 0.6) is 0 Å². The van der Waals surface area contributed by atoms with Crippen molar-refractivity contribution in [2.45, 2.75) is 72.1 Å². The van der Waals surface area contributed by atoms with Gasteiger partial charge in [0.05, 0.1) is 0 Å². The number of carbonyl (C=O) groups is 2. The molecule has 0 radical (unpaired) electrons. The minimum absolute atomic E-state index is 0.0130. The average Bonchev–Trinajstić information content (AvgIpc) is 2.61. The highest BCUT2D eigenvalue weighted by Crippen LogP contribution is 2.33. The van der Waals surface area contributed by atoms with Crippen LogP contribution < -0.4 is 5.32 Å². The van der Waals surface area contributed by atoms with Crippen LogP contribution in [0.15, 0.2) is 18.2 Å². The molecule has 0 aliphatic carbocycles. The highest BCUT2D eigenvalue weighted by Gasteiger charge is 2.28. The summed E-state index contributed by atoms with van der Waals surface area (Å²) < 4.78 is 0. The average molecular weight is 359 g/mol. The SMILES string of the molecule is CCCC(=O)N1CCC(C(=O)Nc2c(C(C)C)cccc2C(C)C)CC1. The predicted molar refractivity (Wildman–Crippen MR) is 107 cm³/mol. The van der Waals surface area contributed by atoms with Crippen LogP contribution in [-0.2, 0) is 9.59 Å². The second kappa shape index (κ2) is 9.20. The molecular formula is C22H34N2O2. The van der Waals surface area contributed by atoms with Crippen LogP contribution >= 0.6 is 0 Å². The maximum Gasteiger partial charge on any atom is 0.227 e. The Balaban J connectivity index is 2.08. The van der Waals surface area contributed by atoms with E-state index < -0.39 is 0 Å². The molecule has 0 spiro atoms. The summed E-state index contributed by atoms with van der Waals surface area (Å²) >= 11 is 0. The molecule has 1 aliphatic heterocycles. The molecule has 2 amide bonds. The topological polar surface area (TPSA) is 49.4 Å². The summed E-state index contributed by atoms with van der Waals surface area (Å²) in [6.07, 6.45) is 2.99. The fraction of sp³-hybridized carbons (Fsp3) is 0.636. The molecule has 4 nitrogen and oxygen atoms in total. The maximum absolute atomic E-state index is 12.9. The van der Waals surface area contributed by atoms with E-state index >= 15 is 0 Å². The van der Waals surface area contributed by atoms with E-state index in [1.807, 2.05) is 11.8 Å². The first-order valence-corrected chi connectivity index (χ1v) is 10.1. The number of carbonyl (C=O) groups excluding carboxylic acids is 2. The summed E-state index contributed by atoms with van der Waals surface area (Å²) in [7, 11) is 0. The molecule has 0 saturated carbocycles. The number of likely N-dealkylation sites (tertiary alicyclic amines) is 1. The fourth-order valence-electron chi connectivity index (χ4n) is 3.68. The van der Waals surface area contributed by atoms with Crippen molar-refractivity contribution in [3.8, 4) is 0 Å². The zero-order valence-electron chi connectivity index (χ0n) is 17.0. The van der Waals surface area contributed by atoms with Crippen LogP contribution in [0.4, 0.5) is 5.69 Å². The highest BCUT2D eigenvalue weighted by atomic mass is 16.2. The molecule has 0 aromatic heterocycles. The predicted octanol–water partition coefficient (Wildman–Crippen LogP) is 4.91. The quantitative estimate of drug-likeness (QED) is 0.785. The van der Waals surface area contributed by atoms with Crippen molar-refractivity contribution in [1.82, 2.24) is 4.90 Å². The second-order valence-corrected chi connectivity index (χ2v) is 8.02. The Labute approximate surface area is 158 Å². The standard InChI is InChI=1S/C22H34N2O2/c1-6-8-20(25)24-13-11-17(12-14-24)22(26)23-21-18(15(2)3)9-7-10-19(21)16(4)5/h7,9-10,15-17H,6,8,11-14H2,1-5H3,(H,23,26). The summed E-state index contributed by atoms with van der Waals surface area (Å²) in [5, 5.41) is 3.24. The molecule has 1 heterocycles. The number of benzene rings is 1. The van der Waals surface area contributed by atoms with Crippen molar-refractivity contribution in [1.29, 1.82) is 0 Å². The fourth-order valence-corrected chi connectivity index (χ4v) is 3.68. The molecule has 0 bridgehead atoms. The number of hydrogen-bond donors (Lipinski definition) is 1. The van der Waals surface area contributed by atoms with Gasteiger partial charge >= 0.3 is 0 Å². The molecule has 1 aliphatic rings. The van der Waals surface area contributed by atoms with Gasteiger partial charge in [-0.3, -0.25) is 9.59 Å². The monoisotopic (exact) mass is 358 g/mol. The van der Waals surface area contributed by atoms with Crippen molar-refractivity contribution in [3.63, 3.8) is 0 Å². The summed E-state index contributed by atoms with van der Waals surface area (Å²) in [4.78, 5) is 26.8. The summed E-state index contributed by atoms with van der Waals surface area (Å²) in [5.74, 6) is 1.03. The number of para-hydroxylation sites is 1. The van der Waals surface area contributed by atoms with Gasteiger partial charge in [0.2, 0.25) is 11.8 Å². The molecule has 1 aromatic rings. The van der Waals surface area contributed by atoms with E-state index in [4.69, 9.17) is 0 Å². The van der Waals surface area contributed by atoms with Gasteiger partial charge in [0, 0.05) is 31.1 Å². The van der Waals surface area contributed by atoms with Crippen molar-refractivity contribution in [2.75, 3.05) is 18.4 Å². The molecule has 1 N–H and O–H groups in total. The van der Waals surface area contributed by atoms with Gasteiger partial charge in [-0.1, -0.05) is 52.8 Å². The molecular weight excluding hydrogens is 324 g/mol. The summed E-state index contributed by atoms with van der Waals surface area (Å²) in [6, 6.07) is 6.30. The molecule has 0 unspecified atom stereocenters. The van der Waals surface area contributed by atoms with Gasteiger partial charge in [0.1, 0.15) is 0 Å². The highest BCUT2D eigenvalue weighted by molar-refractivity contribution is 5.94. The molecule has 1 saturated heterocycles. The molecule has 1 aromatic carbocycles. The van der Waals surface area contributed by atoms with Gasteiger partial charge in [-0.15, -0.1) is 0 Å². The van der Waals surface area contributed by atoms with Crippen molar-refractivity contribution >= 4 is 17.5 Å². The van der Waals surface area contributed by atoms with E-state index in [2.05, 4.69) is 51.2 Å². The Morgan fingerprint density at radius 3 is 2.08 bits per heavy atom. The van der Waals surface area contributed by atoms with E-state index in [1.54, 1.807) is 0 Å². The van der Waals surface area contributed by atoms with E-state index in [1.165, 1.54) is 11.1 Å². The van der Waals surface area contributed by atoms with Crippen LogP contribution in [0, 0.1) is 5.92 Å². The first-order chi connectivity index (χ1) is 12.3. The largest absolute Gasteiger partial charge is 0.343 e. The number of hydrogen-bond acceptors (Lipinski definition) is 2. The Morgan fingerprint density at radius 2 is 1.62 bits per heavy atom. The Bertz CT molecular complexity index is 603. The van der Waals surface area contributed by atoms with Crippen molar-refractivity contribution in [3.05, 3.63) is 29.3 Å². The minimum atomic E-state index is -0.0130. The minimum Gasteiger partial charge on any atom is -0.343 e. The molecule has 2 rings (SSSR count). The van der Waals surface area contributed by atoms with Crippen LogP contribution in [-0.4, -0.2) is 29.8 Å². The first-order valence-electron chi connectivity index (χ1n) is 10.1. The molecule has 0 atom stereocenters. The lowest BCUT2D eigenvalue weighted by atomic mass is 9.91. The van der Waals surface area contributed by atoms with E-state index in [0.717, 1.165) is 24.9 Å². The van der Waals surface area contributed by atoms with Crippen LogP contribution in [0.1, 0.15) is 83.3 Å². The van der Waals surface area contributed by atoms with E-state index in [9.17, 15) is 9.59 Å². The molecule has 4 heteroatoms. The number of rotatable bonds is 6. The number of amides is 2. The van der Waals surface area contributed by atoms with E-state index in [0.29, 0.717) is 31.3 Å². The van der Waals surface area contributed by atoms with Gasteiger partial charge in [0.25, 0.3) is 0 Å². The number of anilines is 1. The number of nitrogens with zero attached hydrogens (tertiary/aromatic N) is 1. The zero-order valence-corrected chi connectivity index (χ0v) is 17.0. The smallest absolute Gasteiger partial charge is 0.227 e. The summed E-state index contributed by atoms with van der Waals surface area (Å²) in [5.41, 5.74) is 3.38. The van der Waals surface area contributed by atoms with E-state index in [-0.39, 0.29) is 17.7 Å². The van der Waals surface area contributed by atoms with Crippen LogP contribution in [0.3, 0.4) is 0 Å². The van der Waals surface area contributed by atoms with Crippen LogP contribution in [0.25, 0.3) is 0 Å². The summed E-state index contributed by atoms with van der Waals surface area (Å²) in [6.45, 7) is 12.1. The number of nitrogens with one attached hydrogen (secondary N) is 1. The van der Waals surface area contributed by atoms with Gasteiger partial charge < -0.3 is 10.2 Å². The maximum atomic E-state index is 12.9. The molecule has 26 heavy (non-hydrogen) atoms. The third-order valence-corrected chi connectivity index (χ3v) is 5.30. The molecule has 1 fully saturated rings.